The number of rotatable bonds is 3. The zero-order chi connectivity index (χ0) is 15.6. The van der Waals surface area contributed by atoms with Crippen molar-refractivity contribution in [2.24, 2.45) is 17.6 Å². The van der Waals surface area contributed by atoms with Crippen LogP contribution in [0.2, 0.25) is 0 Å². The van der Waals surface area contributed by atoms with Gasteiger partial charge in [-0.1, -0.05) is 19.8 Å². The van der Waals surface area contributed by atoms with Crippen molar-refractivity contribution in [2.45, 2.75) is 63.8 Å². The first-order valence-corrected chi connectivity index (χ1v) is 9.37. The molecule has 4 nitrogen and oxygen atoms in total. The van der Waals surface area contributed by atoms with E-state index in [1.54, 1.807) is 0 Å². The number of nitrogens with two attached hydrogens (primary N) is 1. The summed E-state index contributed by atoms with van der Waals surface area (Å²) < 4.78 is 0. The molecule has 0 radical (unpaired) electrons. The number of carbonyl (C=O) groups is 1. The van der Waals surface area contributed by atoms with Crippen LogP contribution in [0.4, 0.5) is 0 Å². The minimum Gasteiger partial charge on any atom is -0.341 e. The number of piperidine rings is 2. The summed E-state index contributed by atoms with van der Waals surface area (Å²) in [6, 6.07) is 0. The average Bonchev–Trinajstić information content (AvgIpc) is 2.97. The van der Waals surface area contributed by atoms with Gasteiger partial charge in [0.1, 0.15) is 0 Å². The lowest BCUT2D eigenvalue weighted by Gasteiger charge is -2.40. The molecule has 6 heteroatoms. The topological polar surface area (TPSA) is 49.6 Å². The van der Waals surface area contributed by atoms with Crippen molar-refractivity contribution in [3.8, 4) is 0 Å². The van der Waals surface area contributed by atoms with Gasteiger partial charge < -0.3 is 15.5 Å². The Labute approximate surface area is 159 Å². The van der Waals surface area contributed by atoms with Crippen molar-refractivity contribution in [3.63, 3.8) is 0 Å². The third kappa shape index (κ3) is 5.23. The molecule has 1 unspecified atom stereocenters. The van der Waals surface area contributed by atoms with E-state index < -0.39 is 5.54 Å². The smallest absolute Gasteiger partial charge is 0.242 e. The van der Waals surface area contributed by atoms with E-state index in [1.807, 2.05) is 0 Å². The monoisotopic (exact) mass is 379 g/mol. The van der Waals surface area contributed by atoms with Crippen molar-refractivity contribution < 1.29 is 4.79 Å². The molecular weight excluding hydrogens is 345 g/mol. The molecular formula is C18H35Cl2N3O. The molecule has 2 aliphatic heterocycles. The Balaban J connectivity index is 0.00000144. The van der Waals surface area contributed by atoms with Gasteiger partial charge in [0.25, 0.3) is 0 Å². The zero-order valence-corrected chi connectivity index (χ0v) is 16.7. The Morgan fingerprint density at radius 2 is 1.67 bits per heavy atom. The zero-order valence-electron chi connectivity index (χ0n) is 15.0. The second-order valence-corrected chi connectivity index (χ2v) is 8.11. The van der Waals surface area contributed by atoms with Gasteiger partial charge in [-0.15, -0.1) is 24.8 Å². The highest BCUT2D eigenvalue weighted by Crippen LogP contribution is 2.31. The van der Waals surface area contributed by atoms with Gasteiger partial charge in [-0.25, -0.2) is 0 Å². The average molecular weight is 380 g/mol. The molecule has 3 rings (SSSR count). The van der Waals surface area contributed by atoms with Crippen LogP contribution >= 0.6 is 24.8 Å². The lowest BCUT2D eigenvalue weighted by Crippen LogP contribution is -2.56. The van der Waals surface area contributed by atoms with Crippen molar-refractivity contribution in [1.82, 2.24) is 9.80 Å². The molecule has 1 amide bonds. The highest BCUT2D eigenvalue weighted by molar-refractivity contribution is 5.86. The summed E-state index contributed by atoms with van der Waals surface area (Å²) in [4.78, 5) is 17.5. The van der Waals surface area contributed by atoms with E-state index in [1.165, 1.54) is 38.9 Å². The largest absolute Gasteiger partial charge is 0.341 e. The van der Waals surface area contributed by atoms with E-state index in [-0.39, 0.29) is 30.7 Å². The van der Waals surface area contributed by atoms with Gasteiger partial charge in [0.2, 0.25) is 5.91 Å². The predicted octanol–water partition coefficient (Wildman–Crippen LogP) is 3.07. The van der Waals surface area contributed by atoms with Gasteiger partial charge in [-0.3, -0.25) is 4.79 Å². The maximum atomic E-state index is 12.8. The maximum absolute atomic E-state index is 12.8. The minimum atomic E-state index is -0.539. The van der Waals surface area contributed by atoms with E-state index in [4.69, 9.17) is 5.73 Å². The van der Waals surface area contributed by atoms with Crippen LogP contribution < -0.4 is 5.73 Å². The lowest BCUT2D eigenvalue weighted by atomic mass is 9.91. The van der Waals surface area contributed by atoms with Crippen LogP contribution in [0.3, 0.4) is 0 Å². The van der Waals surface area contributed by atoms with Crippen LogP contribution in [-0.2, 0) is 4.79 Å². The third-order valence-electron chi connectivity index (χ3n) is 6.12. The first-order valence-electron chi connectivity index (χ1n) is 9.37. The molecule has 0 aromatic carbocycles. The number of hydrogen-bond donors (Lipinski definition) is 1. The molecule has 0 bridgehead atoms. The Kier molecular flexibility index (Phi) is 8.81. The molecule has 3 fully saturated rings. The van der Waals surface area contributed by atoms with Gasteiger partial charge in [-0.05, 0) is 63.5 Å². The molecule has 0 aromatic heterocycles. The summed E-state index contributed by atoms with van der Waals surface area (Å²) in [5.41, 5.74) is 5.84. The Morgan fingerprint density at radius 1 is 1.04 bits per heavy atom. The first-order chi connectivity index (χ1) is 10.6. The molecule has 24 heavy (non-hydrogen) atoms. The van der Waals surface area contributed by atoms with Crippen LogP contribution in [0.1, 0.15) is 58.3 Å². The molecule has 2 heterocycles. The van der Waals surface area contributed by atoms with Crippen LogP contribution in [0.25, 0.3) is 0 Å². The van der Waals surface area contributed by atoms with Crippen molar-refractivity contribution in [3.05, 3.63) is 0 Å². The Bertz CT molecular complexity index is 394. The number of likely N-dealkylation sites (tertiary alicyclic amines) is 2. The third-order valence-corrected chi connectivity index (χ3v) is 6.12. The fourth-order valence-corrected chi connectivity index (χ4v) is 4.54. The van der Waals surface area contributed by atoms with Gasteiger partial charge in [0.05, 0.1) is 5.54 Å². The number of halogens is 2. The minimum absolute atomic E-state index is 0. The Morgan fingerprint density at radius 3 is 2.29 bits per heavy atom. The van der Waals surface area contributed by atoms with E-state index in [0.717, 1.165) is 51.1 Å². The molecule has 0 aromatic rings. The standard InChI is InChI=1S/C18H33N3O.2ClH/c1-15-6-11-20(12-7-15)13-16-5-4-10-21(14-16)17(22)18(19)8-2-3-9-18;;/h15-16H,2-14,19H2,1H3;2*1H. The highest BCUT2D eigenvalue weighted by atomic mass is 35.5. The molecule has 1 saturated carbocycles. The van der Waals surface area contributed by atoms with Crippen molar-refractivity contribution in [2.75, 3.05) is 32.7 Å². The number of amides is 1. The van der Waals surface area contributed by atoms with Crippen molar-refractivity contribution >= 4 is 30.7 Å². The van der Waals surface area contributed by atoms with Gasteiger partial charge in [-0.2, -0.15) is 0 Å². The van der Waals surface area contributed by atoms with Gasteiger partial charge >= 0.3 is 0 Å². The van der Waals surface area contributed by atoms with E-state index in [9.17, 15) is 4.79 Å². The van der Waals surface area contributed by atoms with Crippen molar-refractivity contribution in [1.29, 1.82) is 0 Å². The fraction of sp³-hybridized carbons (Fsp3) is 0.944. The number of nitrogens with zero attached hydrogens (tertiary/aromatic N) is 2. The molecule has 2 saturated heterocycles. The molecule has 3 aliphatic rings. The van der Waals surface area contributed by atoms with E-state index in [0.29, 0.717) is 5.92 Å². The normalized spacial score (nSPS) is 28.1. The summed E-state index contributed by atoms with van der Waals surface area (Å²) in [5.74, 6) is 1.78. The van der Waals surface area contributed by atoms with Crippen LogP contribution in [-0.4, -0.2) is 54.0 Å². The fourth-order valence-electron chi connectivity index (χ4n) is 4.54. The lowest BCUT2D eigenvalue weighted by molar-refractivity contribution is -0.138. The highest BCUT2D eigenvalue weighted by Gasteiger charge is 2.41. The number of carbonyl (C=O) groups excluding carboxylic acids is 1. The van der Waals surface area contributed by atoms with Crippen LogP contribution in [0, 0.1) is 11.8 Å². The predicted molar refractivity (Wildman–Crippen MR) is 104 cm³/mol. The van der Waals surface area contributed by atoms with Gasteiger partial charge in [0, 0.05) is 19.6 Å². The maximum Gasteiger partial charge on any atom is 0.242 e. The molecule has 2 N–H and O–H groups in total. The summed E-state index contributed by atoms with van der Waals surface area (Å²) in [6.07, 6.45) is 9.09. The first kappa shape index (κ1) is 22.0. The van der Waals surface area contributed by atoms with Crippen LogP contribution in [0.15, 0.2) is 0 Å². The SMILES string of the molecule is CC1CCN(CC2CCCN(C(=O)C3(N)CCCC3)C2)CC1.Cl.Cl. The van der Waals surface area contributed by atoms with E-state index in [2.05, 4.69) is 16.7 Å². The summed E-state index contributed by atoms with van der Waals surface area (Å²) in [5, 5.41) is 0. The summed E-state index contributed by atoms with van der Waals surface area (Å²) in [7, 11) is 0. The molecule has 1 atom stereocenters. The number of hydrogen-bond acceptors (Lipinski definition) is 3. The molecule has 142 valence electrons. The summed E-state index contributed by atoms with van der Waals surface area (Å²) >= 11 is 0. The second-order valence-electron chi connectivity index (χ2n) is 8.11. The summed E-state index contributed by atoms with van der Waals surface area (Å²) in [6.45, 7) is 7.88. The second kappa shape index (κ2) is 9.61. The van der Waals surface area contributed by atoms with Gasteiger partial charge in [0.15, 0.2) is 0 Å². The van der Waals surface area contributed by atoms with Crippen LogP contribution in [0.5, 0.6) is 0 Å². The quantitative estimate of drug-likeness (QED) is 0.819. The molecule has 0 spiro atoms. The molecule has 1 aliphatic carbocycles. The Hall–Kier alpha value is -0.0300. The van der Waals surface area contributed by atoms with E-state index >= 15 is 0 Å².